The molecule has 0 radical (unpaired) electrons. The Kier molecular flexibility index (Phi) is 5.87. The van der Waals surface area contributed by atoms with Crippen LogP contribution in [-0.2, 0) is 4.79 Å². The third-order valence-corrected chi connectivity index (χ3v) is 3.19. The molecule has 0 saturated carbocycles. The van der Waals surface area contributed by atoms with Gasteiger partial charge in [0.25, 0.3) is 0 Å². The fourth-order valence-corrected chi connectivity index (χ4v) is 1.76. The van der Waals surface area contributed by atoms with Crippen LogP contribution in [0.3, 0.4) is 0 Å². The topological polar surface area (TPSA) is 37.3 Å². The van der Waals surface area contributed by atoms with Crippen LogP contribution < -0.4 is 0 Å². The molecule has 0 aliphatic heterocycles. The van der Waals surface area contributed by atoms with E-state index in [-0.39, 0.29) is 17.6 Å². The van der Waals surface area contributed by atoms with Crippen LogP contribution in [0.15, 0.2) is 0 Å². The largest absolute Gasteiger partial charge is 0.385 e. The van der Waals surface area contributed by atoms with Crippen molar-refractivity contribution in [1.29, 1.82) is 0 Å². The van der Waals surface area contributed by atoms with E-state index in [1.165, 1.54) is 0 Å². The van der Waals surface area contributed by atoms with E-state index >= 15 is 0 Å². The van der Waals surface area contributed by atoms with Crippen molar-refractivity contribution in [3.63, 3.8) is 0 Å². The van der Waals surface area contributed by atoms with Gasteiger partial charge in [0, 0.05) is 0 Å². The van der Waals surface area contributed by atoms with Crippen molar-refractivity contribution in [2.75, 3.05) is 17.6 Å². The van der Waals surface area contributed by atoms with Crippen LogP contribution >= 0.6 is 46.4 Å². The van der Waals surface area contributed by atoms with Crippen LogP contribution in [0.25, 0.3) is 0 Å². The molecule has 0 fully saturated rings. The highest BCUT2D eigenvalue weighted by Gasteiger charge is 2.38. The van der Waals surface area contributed by atoms with Gasteiger partial charge in [0.1, 0.15) is 11.0 Å². The lowest BCUT2D eigenvalue weighted by Crippen LogP contribution is -2.47. The average molecular weight is 254 g/mol. The van der Waals surface area contributed by atoms with Crippen LogP contribution in [0.4, 0.5) is 0 Å². The number of ketones is 1. The molecule has 0 rings (SSSR count). The Labute approximate surface area is 90.7 Å². The molecule has 0 bridgehead atoms. The van der Waals surface area contributed by atoms with Gasteiger partial charge in [-0.25, -0.2) is 0 Å². The first-order chi connectivity index (χ1) is 5.51. The monoisotopic (exact) mass is 252 g/mol. The van der Waals surface area contributed by atoms with E-state index in [1.807, 2.05) is 0 Å². The smallest absolute Gasteiger partial charge is 0.168 e. The Morgan fingerprint density at radius 3 is 2.00 bits per heavy atom. The maximum atomic E-state index is 10.9. The molecule has 72 valence electrons. The lowest BCUT2D eigenvalue weighted by molar-refractivity contribution is -0.119. The summed E-state index contributed by atoms with van der Waals surface area (Å²) in [5, 5.41) is 8.38. The third kappa shape index (κ3) is 2.93. The minimum Gasteiger partial charge on any atom is -0.385 e. The van der Waals surface area contributed by atoms with Crippen molar-refractivity contribution >= 4 is 52.2 Å². The lowest BCUT2D eigenvalue weighted by atomic mass is 10.0. The average Bonchev–Trinajstić information content (AvgIpc) is 2.14. The van der Waals surface area contributed by atoms with E-state index in [1.54, 1.807) is 0 Å². The molecule has 0 saturated heterocycles. The maximum absolute atomic E-state index is 10.9. The second-order valence-corrected chi connectivity index (χ2v) is 3.57. The molecule has 0 spiro atoms. The van der Waals surface area contributed by atoms with E-state index in [4.69, 9.17) is 46.4 Å². The molecule has 0 aliphatic carbocycles. The number of halogens is 4. The van der Waals surface area contributed by atoms with Crippen LogP contribution in [0.1, 0.15) is 0 Å². The van der Waals surface area contributed by atoms with Gasteiger partial charge in [-0.3, -0.25) is 4.79 Å². The van der Waals surface area contributed by atoms with E-state index in [9.17, 15) is 9.90 Å². The van der Waals surface area contributed by atoms with Crippen molar-refractivity contribution in [3.8, 4) is 0 Å². The molecule has 1 unspecified atom stereocenters. The number of hydrogen-bond acceptors (Lipinski definition) is 2. The van der Waals surface area contributed by atoms with Crippen molar-refractivity contribution in [2.45, 2.75) is 11.0 Å². The fourth-order valence-electron chi connectivity index (χ4n) is 0.539. The predicted octanol–water partition coefficient (Wildman–Crippen LogP) is 1.61. The third-order valence-electron chi connectivity index (χ3n) is 1.35. The van der Waals surface area contributed by atoms with E-state index < -0.39 is 16.8 Å². The summed E-state index contributed by atoms with van der Waals surface area (Å²) in [5.74, 6) is -1.15. The summed E-state index contributed by atoms with van der Waals surface area (Å²) < 4.78 is 0. The molecule has 0 aromatic carbocycles. The summed E-state index contributed by atoms with van der Waals surface area (Å²) in [4.78, 5) is 10.9. The molecular weight excluding hydrogens is 246 g/mol. The van der Waals surface area contributed by atoms with E-state index in [0.29, 0.717) is 0 Å². The predicted molar refractivity (Wildman–Crippen MR) is 51.8 cm³/mol. The van der Waals surface area contributed by atoms with Crippen LogP contribution in [0.2, 0.25) is 0 Å². The van der Waals surface area contributed by atoms with Crippen molar-refractivity contribution in [1.82, 2.24) is 0 Å². The molecule has 0 aliphatic rings. The molecule has 2 nitrogen and oxygen atoms in total. The molecule has 0 aromatic heterocycles. The Morgan fingerprint density at radius 1 is 1.33 bits per heavy atom. The van der Waals surface area contributed by atoms with Gasteiger partial charge >= 0.3 is 0 Å². The number of Topliss-reactive ketones (excluding diaryl/α,β-unsaturated/α-hetero) is 1. The number of rotatable bonds is 5. The van der Waals surface area contributed by atoms with Crippen molar-refractivity contribution in [3.05, 3.63) is 0 Å². The highest BCUT2D eigenvalue weighted by Crippen LogP contribution is 2.21. The Bertz CT molecular complexity index is 158. The molecule has 12 heavy (non-hydrogen) atoms. The highest BCUT2D eigenvalue weighted by atomic mass is 35.5. The highest BCUT2D eigenvalue weighted by molar-refractivity contribution is 6.39. The second-order valence-electron chi connectivity index (χ2n) is 2.33. The van der Waals surface area contributed by atoms with Crippen LogP contribution in [0, 0.1) is 0 Å². The number of alkyl halides is 4. The molecule has 0 heterocycles. The van der Waals surface area contributed by atoms with Gasteiger partial charge in [0.2, 0.25) is 0 Å². The summed E-state index contributed by atoms with van der Waals surface area (Å²) in [6.07, 6.45) is 0. The first kappa shape index (κ1) is 12.8. The zero-order valence-electron chi connectivity index (χ0n) is 6.07. The fraction of sp³-hybridized carbons (Fsp3) is 0.833. The molecule has 1 N–H and O–H groups in total. The molecular formula is C6H8Cl4O2. The second kappa shape index (κ2) is 5.51. The standard InChI is InChI=1S/C6H8Cl4O2/c7-1-4(11)5(10)6(12,2-8)3-9/h5,12H,1-3H2. The minimum absolute atomic E-state index is 0.201. The Hall–Kier alpha value is 0.790. The zero-order valence-corrected chi connectivity index (χ0v) is 9.09. The van der Waals surface area contributed by atoms with Gasteiger partial charge < -0.3 is 5.11 Å². The SMILES string of the molecule is O=C(CCl)C(Cl)C(O)(CCl)CCl. The molecule has 1 atom stereocenters. The van der Waals surface area contributed by atoms with Gasteiger partial charge in [-0.2, -0.15) is 0 Å². The Morgan fingerprint density at radius 2 is 1.75 bits per heavy atom. The first-order valence-corrected chi connectivity index (χ1v) is 5.13. The van der Waals surface area contributed by atoms with Crippen LogP contribution in [0.5, 0.6) is 0 Å². The number of hydrogen-bond donors (Lipinski definition) is 1. The molecule has 0 amide bonds. The summed E-state index contributed by atoms with van der Waals surface area (Å²) in [6.45, 7) is 0. The molecule has 6 heteroatoms. The minimum atomic E-state index is -1.57. The van der Waals surface area contributed by atoms with Gasteiger partial charge in [0.15, 0.2) is 5.78 Å². The summed E-state index contributed by atoms with van der Waals surface area (Å²) in [6, 6.07) is 0. The van der Waals surface area contributed by atoms with Gasteiger partial charge in [-0.05, 0) is 0 Å². The van der Waals surface area contributed by atoms with Crippen molar-refractivity contribution < 1.29 is 9.90 Å². The van der Waals surface area contributed by atoms with Gasteiger partial charge in [-0.15, -0.1) is 46.4 Å². The van der Waals surface area contributed by atoms with Gasteiger partial charge in [0.05, 0.1) is 17.6 Å². The maximum Gasteiger partial charge on any atom is 0.168 e. The summed E-state index contributed by atoms with van der Waals surface area (Å²) in [7, 11) is 0. The number of carbonyl (C=O) groups is 1. The Balaban J connectivity index is 4.40. The van der Waals surface area contributed by atoms with Gasteiger partial charge in [-0.1, -0.05) is 0 Å². The lowest BCUT2D eigenvalue weighted by Gasteiger charge is -2.26. The van der Waals surface area contributed by atoms with Crippen molar-refractivity contribution in [2.24, 2.45) is 0 Å². The van der Waals surface area contributed by atoms with E-state index in [2.05, 4.69) is 0 Å². The first-order valence-electron chi connectivity index (χ1n) is 3.09. The van der Waals surface area contributed by atoms with E-state index in [0.717, 1.165) is 0 Å². The summed E-state index contributed by atoms with van der Waals surface area (Å²) in [5.41, 5.74) is -1.57. The summed E-state index contributed by atoms with van der Waals surface area (Å²) >= 11 is 21.6. The molecule has 0 aromatic rings. The quantitative estimate of drug-likeness (QED) is 0.756. The number of aliphatic hydroxyl groups is 1. The zero-order chi connectivity index (χ0) is 9.78. The normalized spacial score (nSPS) is 14.4. The number of carbonyl (C=O) groups excluding carboxylic acids is 1. The van der Waals surface area contributed by atoms with Crippen LogP contribution in [-0.4, -0.2) is 39.5 Å².